The fourth-order valence-corrected chi connectivity index (χ4v) is 6.03. The van der Waals surface area contributed by atoms with Gasteiger partial charge >= 0.3 is 0 Å². The van der Waals surface area contributed by atoms with Gasteiger partial charge in [-0.25, -0.2) is 0 Å². The van der Waals surface area contributed by atoms with Gasteiger partial charge in [0.15, 0.2) is 0 Å². The van der Waals surface area contributed by atoms with Crippen molar-refractivity contribution in [1.29, 1.82) is 0 Å². The van der Waals surface area contributed by atoms with Gasteiger partial charge in [-0.2, -0.15) is 0 Å². The Hall–Kier alpha value is -5.20. The Morgan fingerprint density at radius 3 is 1.80 bits per heavy atom. The highest BCUT2D eigenvalue weighted by Crippen LogP contribution is 2.46. The van der Waals surface area contributed by atoms with Gasteiger partial charge in [-0.1, -0.05) is 151 Å². The second-order valence-electron chi connectivity index (χ2n) is 9.96. The molecule has 0 heterocycles. The molecule has 8 aromatic rings. The van der Waals surface area contributed by atoms with Gasteiger partial charge in [0.2, 0.25) is 0 Å². The van der Waals surface area contributed by atoms with E-state index in [0.717, 1.165) is 43.6 Å². The van der Waals surface area contributed by atoms with Gasteiger partial charge in [-0.05, 0) is 82.5 Å². The van der Waals surface area contributed by atoms with Crippen molar-refractivity contribution in [1.82, 2.24) is 0 Å². The van der Waals surface area contributed by atoms with Crippen molar-refractivity contribution in [2.24, 2.45) is 0 Å². The Morgan fingerprint density at radius 1 is 0.350 bits per heavy atom. The molecule has 0 spiro atoms. The maximum absolute atomic E-state index is 9.24. The van der Waals surface area contributed by atoms with Crippen LogP contribution in [0.25, 0.3) is 76.5 Å². The van der Waals surface area contributed by atoms with Crippen molar-refractivity contribution in [3.05, 3.63) is 158 Å². The summed E-state index contributed by atoms with van der Waals surface area (Å²) in [5.41, 5.74) is 4.45. The molecule has 8 aromatic carbocycles. The van der Waals surface area contributed by atoms with E-state index in [1.54, 1.807) is 6.07 Å². The molecule has 0 nitrogen and oxygen atoms in total. The van der Waals surface area contributed by atoms with Crippen molar-refractivity contribution in [2.45, 2.75) is 0 Å². The van der Waals surface area contributed by atoms with E-state index in [9.17, 15) is 1.37 Å². The molecule has 0 aliphatic rings. The minimum absolute atomic E-state index is 0.0798. The second kappa shape index (κ2) is 9.22. The average Bonchev–Trinajstić information content (AvgIpc) is 3.10. The number of hydrogen-bond donors (Lipinski definition) is 0. The zero-order chi connectivity index (χ0) is 32.6. The third-order valence-electron chi connectivity index (χ3n) is 7.78. The van der Waals surface area contributed by atoms with Crippen LogP contribution in [0.2, 0.25) is 0 Å². The standard InChI is InChI=1S/C40H26/c1-2-13-28(14-3-1)39-35-16-6-8-18-37(35)40(38-19-9-7-17-36(38)39)34-23-11-21-32-31(20-10-22-33(32)34)30-25-24-27-12-4-5-15-29(27)26-30/h1-26H/i1D,2D,6D,8D,13D,16D,18D. The van der Waals surface area contributed by atoms with Crippen molar-refractivity contribution < 1.29 is 9.60 Å². The first-order valence-electron chi connectivity index (χ1n) is 16.8. The van der Waals surface area contributed by atoms with Crippen LogP contribution in [0.4, 0.5) is 0 Å². The Bertz CT molecular complexity index is 2610. The monoisotopic (exact) mass is 513 g/mol. The van der Waals surface area contributed by atoms with Crippen molar-refractivity contribution >= 4 is 43.1 Å². The van der Waals surface area contributed by atoms with Crippen LogP contribution in [0.3, 0.4) is 0 Å². The van der Waals surface area contributed by atoms with E-state index in [2.05, 4.69) is 48.5 Å². The van der Waals surface area contributed by atoms with Gasteiger partial charge in [-0.15, -0.1) is 0 Å². The summed E-state index contributed by atoms with van der Waals surface area (Å²) >= 11 is 0. The summed E-state index contributed by atoms with van der Waals surface area (Å²) in [4.78, 5) is 0. The van der Waals surface area contributed by atoms with Gasteiger partial charge in [0.25, 0.3) is 0 Å². The predicted octanol–water partition coefficient (Wildman–Crippen LogP) is 11.3. The summed E-state index contributed by atoms with van der Waals surface area (Å²) in [5, 5.41) is 6.38. The molecular weight excluding hydrogens is 480 g/mol. The highest BCUT2D eigenvalue weighted by atomic mass is 14.2. The van der Waals surface area contributed by atoms with Crippen LogP contribution >= 0.6 is 0 Å². The van der Waals surface area contributed by atoms with E-state index in [-0.39, 0.29) is 47.7 Å². The minimum atomic E-state index is -0.365. The molecule has 0 aliphatic heterocycles. The smallest absolute Gasteiger partial charge is 0.0622 e. The first-order valence-corrected chi connectivity index (χ1v) is 13.3. The third kappa shape index (κ3) is 3.54. The highest BCUT2D eigenvalue weighted by Gasteiger charge is 2.18. The molecule has 0 N–H and O–H groups in total. The molecule has 0 radical (unpaired) electrons. The van der Waals surface area contributed by atoms with E-state index < -0.39 is 0 Å². The van der Waals surface area contributed by atoms with Crippen molar-refractivity contribution in [3.8, 4) is 33.4 Å². The summed E-state index contributed by atoms with van der Waals surface area (Å²) in [6, 6.07) is 36.1. The van der Waals surface area contributed by atoms with E-state index in [1.807, 2.05) is 54.6 Å². The molecule has 0 saturated heterocycles. The minimum Gasteiger partial charge on any atom is -0.0622 e. The molecule has 8 rings (SSSR count). The van der Waals surface area contributed by atoms with Crippen LogP contribution in [0, 0.1) is 0 Å². The number of benzene rings is 8. The first-order chi connectivity index (χ1) is 22.8. The average molecular weight is 514 g/mol. The van der Waals surface area contributed by atoms with Gasteiger partial charge < -0.3 is 0 Å². The van der Waals surface area contributed by atoms with Crippen molar-refractivity contribution in [3.63, 3.8) is 0 Å². The lowest BCUT2D eigenvalue weighted by Gasteiger charge is -2.19. The molecule has 0 atom stereocenters. The summed E-state index contributed by atoms with van der Waals surface area (Å²) in [6.07, 6.45) is 0. The normalized spacial score (nSPS) is 13.9. The van der Waals surface area contributed by atoms with E-state index in [4.69, 9.17) is 8.22 Å². The topological polar surface area (TPSA) is 0 Å². The Labute approximate surface area is 243 Å². The first kappa shape index (κ1) is 16.7. The highest BCUT2D eigenvalue weighted by molar-refractivity contribution is 6.24. The Kier molecular flexibility index (Phi) is 3.85. The molecule has 40 heavy (non-hydrogen) atoms. The third-order valence-corrected chi connectivity index (χ3v) is 7.78. The van der Waals surface area contributed by atoms with Crippen LogP contribution in [-0.4, -0.2) is 0 Å². The quantitative estimate of drug-likeness (QED) is 0.206. The predicted molar refractivity (Wildman–Crippen MR) is 173 cm³/mol. The van der Waals surface area contributed by atoms with Crippen LogP contribution in [0.15, 0.2) is 158 Å². The van der Waals surface area contributed by atoms with Crippen LogP contribution in [0.5, 0.6) is 0 Å². The lowest BCUT2D eigenvalue weighted by atomic mass is 9.84. The fraction of sp³-hybridized carbons (Fsp3) is 0. The number of hydrogen-bond acceptors (Lipinski definition) is 0. The summed E-state index contributed by atoms with van der Waals surface area (Å²) in [5.74, 6) is 0. The van der Waals surface area contributed by atoms with Crippen molar-refractivity contribution in [2.75, 3.05) is 0 Å². The lowest BCUT2D eigenvalue weighted by molar-refractivity contribution is 1.65. The van der Waals surface area contributed by atoms with E-state index in [1.165, 1.54) is 6.07 Å². The molecule has 0 amide bonds. The number of fused-ring (bicyclic) bond motifs is 4. The summed E-state index contributed by atoms with van der Waals surface area (Å²) < 4.78 is 61.1. The van der Waals surface area contributed by atoms with Crippen LogP contribution in [0.1, 0.15) is 9.60 Å². The van der Waals surface area contributed by atoms with Crippen LogP contribution in [-0.2, 0) is 0 Å². The maximum atomic E-state index is 9.24. The van der Waals surface area contributed by atoms with Gasteiger partial charge in [0.05, 0.1) is 9.60 Å². The van der Waals surface area contributed by atoms with Crippen LogP contribution < -0.4 is 0 Å². The zero-order valence-electron chi connectivity index (χ0n) is 28.5. The molecule has 0 aliphatic carbocycles. The Balaban J connectivity index is 1.53. The zero-order valence-corrected chi connectivity index (χ0v) is 21.5. The van der Waals surface area contributed by atoms with E-state index >= 15 is 0 Å². The largest absolute Gasteiger partial charge is 0.0629 e. The lowest BCUT2D eigenvalue weighted by Crippen LogP contribution is -1.92. The molecule has 0 saturated carbocycles. The molecule has 0 bridgehead atoms. The molecule has 0 unspecified atom stereocenters. The van der Waals surface area contributed by atoms with Gasteiger partial charge in [-0.3, -0.25) is 0 Å². The SMILES string of the molecule is [2H]c1ccc(-c2c3ccccc3c(-c3cccc4c(-c5ccc6ccccc6c5)cccc34)c3c([2H])c([2H])c([2H])c([2H])c23)c([2H])c1[2H]. The number of rotatable bonds is 3. The maximum Gasteiger partial charge on any atom is 0.0629 e. The Morgan fingerprint density at radius 2 is 0.975 bits per heavy atom. The van der Waals surface area contributed by atoms with E-state index in [0.29, 0.717) is 27.5 Å². The molecular formula is C40H26. The summed E-state index contributed by atoms with van der Waals surface area (Å²) in [7, 11) is 0. The van der Waals surface area contributed by atoms with Gasteiger partial charge in [0, 0.05) is 0 Å². The molecule has 186 valence electrons. The summed E-state index contributed by atoms with van der Waals surface area (Å²) in [6.45, 7) is 0. The molecule has 0 heteroatoms. The van der Waals surface area contributed by atoms with Gasteiger partial charge in [0.1, 0.15) is 0 Å². The molecule has 0 fully saturated rings. The fourth-order valence-electron chi connectivity index (χ4n) is 6.03. The molecule has 0 aromatic heterocycles. The second-order valence-corrected chi connectivity index (χ2v) is 9.96.